The van der Waals surface area contributed by atoms with E-state index in [0.29, 0.717) is 18.2 Å². The highest BCUT2D eigenvalue weighted by molar-refractivity contribution is 5.78. The van der Waals surface area contributed by atoms with E-state index in [0.717, 1.165) is 22.4 Å². The largest absolute Gasteiger partial charge is 0.484 e. The van der Waals surface area contributed by atoms with Crippen molar-refractivity contribution in [2.24, 2.45) is 0 Å². The van der Waals surface area contributed by atoms with Gasteiger partial charge in [0.05, 0.1) is 11.0 Å². The molecule has 0 saturated heterocycles. The molecule has 0 aliphatic heterocycles. The molecule has 1 amide bonds. The predicted octanol–water partition coefficient (Wildman–Crippen LogP) is 3.52. The third-order valence-electron chi connectivity index (χ3n) is 3.78. The zero-order valence-corrected chi connectivity index (χ0v) is 14.2. The third-order valence-corrected chi connectivity index (χ3v) is 3.78. The molecule has 25 heavy (non-hydrogen) atoms. The van der Waals surface area contributed by atoms with Crippen LogP contribution in [0.15, 0.2) is 42.5 Å². The fourth-order valence-corrected chi connectivity index (χ4v) is 2.39. The Kier molecular flexibility index (Phi) is 4.97. The van der Waals surface area contributed by atoms with Crippen LogP contribution < -0.4 is 10.1 Å². The number of halogens is 1. The molecule has 6 heteroatoms. The number of aromatic nitrogens is 2. The number of imidazole rings is 1. The molecule has 2 N–H and O–H groups in total. The lowest BCUT2D eigenvalue weighted by Crippen LogP contribution is -2.28. The quantitative estimate of drug-likeness (QED) is 0.721. The molecule has 5 nitrogen and oxygen atoms in total. The molecular formula is C19H20FN3O2. The van der Waals surface area contributed by atoms with Gasteiger partial charge >= 0.3 is 0 Å². The summed E-state index contributed by atoms with van der Waals surface area (Å²) in [5.74, 6) is 1.16. The number of fused-ring (bicyclic) bond motifs is 1. The molecule has 0 unspecified atom stereocenters. The van der Waals surface area contributed by atoms with E-state index in [1.807, 2.05) is 18.2 Å². The van der Waals surface area contributed by atoms with Crippen molar-refractivity contribution in [3.05, 3.63) is 59.7 Å². The molecule has 2 aromatic carbocycles. The van der Waals surface area contributed by atoms with Crippen molar-refractivity contribution in [2.45, 2.75) is 26.3 Å². The van der Waals surface area contributed by atoms with Crippen LogP contribution in [0.25, 0.3) is 11.0 Å². The van der Waals surface area contributed by atoms with E-state index in [4.69, 9.17) is 4.74 Å². The maximum absolute atomic E-state index is 12.8. The fraction of sp³-hybridized carbons (Fsp3) is 0.263. The summed E-state index contributed by atoms with van der Waals surface area (Å²) in [4.78, 5) is 19.7. The predicted molar refractivity (Wildman–Crippen MR) is 93.9 cm³/mol. The number of aromatic amines is 1. The number of rotatable bonds is 6. The van der Waals surface area contributed by atoms with Gasteiger partial charge in [-0.1, -0.05) is 19.9 Å². The Morgan fingerprint density at radius 2 is 2.00 bits per heavy atom. The molecule has 0 bridgehead atoms. The zero-order valence-electron chi connectivity index (χ0n) is 14.2. The van der Waals surface area contributed by atoms with Gasteiger partial charge in [0.15, 0.2) is 6.61 Å². The Hall–Kier alpha value is -2.89. The Balaban J connectivity index is 1.54. The van der Waals surface area contributed by atoms with Gasteiger partial charge in [0.25, 0.3) is 5.91 Å². The second-order valence-electron chi connectivity index (χ2n) is 6.15. The topological polar surface area (TPSA) is 67.0 Å². The van der Waals surface area contributed by atoms with Crippen LogP contribution in [0.1, 0.15) is 31.2 Å². The minimum Gasteiger partial charge on any atom is -0.484 e. The van der Waals surface area contributed by atoms with Gasteiger partial charge in [0.1, 0.15) is 17.4 Å². The first kappa shape index (κ1) is 17.0. The Labute approximate surface area is 145 Å². The molecule has 130 valence electrons. The SMILES string of the molecule is CC(C)c1nc2ccc(CNC(=O)COc3ccc(F)cc3)cc2[nH]1. The molecule has 0 spiro atoms. The molecule has 3 rings (SSSR count). The van der Waals surface area contributed by atoms with Gasteiger partial charge in [0, 0.05) is 12.5 Å². The number of H-pyrrole nitrogens is 1. The molecule has 0 aliphatic carbocycles. The van der Waals surface area contributed by atoms with Crippen LogP contribution >= 0.6 is 0 Å². The van der Waals surface area contributed by atoms with Gasteiger partial charge in [-0.25, -0.2) is 9.37 Å². The van der Waals surface area contributed by atoms with Crippen molar-refractivity contribution < 1.29 is 13.9 Å². The van der Waals surface area contributed by atoms with Crippen molar-refractivity contribution in [2.75, 3.05) is 6.61 Å². The van der Waals surface area contributed by atoms with Crippen LogP contribution in [0.2, 0.25) is 0 Å². The molecule has 0 radical (unpaired) electrons. The third kappa shape index (κ3) is 4.35. The van der Waals surface area contributed by atoms with Gasteiger partial charge in [-0.3, -0.25) is 4.79 Å². The normalized spacial score (nSPS) is 11.0. The van der Waals surface area contributed by atoms with Crippen LogP contribution in [0.5, 0.6) is 5.75 Å². The van der Waals surface area contributed by atoms with E-state index in [-0.39, 0.29) is 18.3 Å². The van der Waals surface area contributed by atoms with Crippen molar-refractivity contribution >= 4 is 16.9 Å². The van der Waals surface area contributed by atoms with Crippen LogP contribution in [0, 0.1) is 5.82 Å². The Bertz CT molecular complexity index is 872. The minimum absolute atomic E-state index is 0.116. The second-order valence-corrected chi connectivity index (χ2v) is 6.15. The number of hydrogen-bond donors (Lipinski definition) is 2. The summed E-state index contributed by atoms with van der Waals surface area (Å²) >= 11 is 0. The molecule has 3 aromatic rings. The molecular weight excluding hydrogens is 321 g/mol. The van der Waals surface area contributed by atoms with E-state index >= 15 is 0 Å². The summed E-state index contributed by atoms with van der Waals surface area (Å²) in [6, 6.07) is 11.4. The highest BCUT2D eigenvalue weighted by Crippen LogP contribution is 2.18. The summed E-state index contributed by atoms with van der Waals surface area (Å²) in [7, 11) is 0. The highest BCUT2D eigenvalue weighted by Gasteiger charge is 2.08. The summed E-state index contributed by atoms with van der Waals surface area (Å²) in [5.41, 5.74) is 2.85. The Morgan fingerprint density at radius 1 is 1.24 bits per heavy atom. The smallest absolute Gasteiger partial charge is 0.258 e. The molecule has 0 atom stereocenters. The maximum atomic E-state index is 12.8. The summed E-state index contributed by atoms with van der Waals surface area (Å²) in [6.45, 7) is 4.45. The van der Waals surface area contributed by atoms with Crippen molar-refractivity contribution in [3.63, 3.8) is 0 Å². The van der Waals surface area contributed by atoms with E-state index in [2.05, 4.69) is 29.1 Å². The van der Waals surface area contributed by atoms with Crippen molar-refractivity contribution in [1.29, 1.82) is 0 Å². The maximum Gasteiger partial charge on any atom is 0.258 e. The minimum atomic E-state index is -0.341. The first-order valence-corrected chi connectivity index (χ1v) is 8.15. The standard InChI is InChI=1S/C19H20FN3O2/c1-12(2)19-22-16-8-3-13(9-17(16)23-19)10-21-18(24)11-25-15-6-4-14(20)5-7-15/h3-9,12H,10-11H2,1-2H3,(H,21,24)(H,22,23). The van der Waals surface area contributed by atoms with E-state index in [9.17, 15) is 9.18 Å². The molecule has 0 saturated carbocycles. The summed E-state index contributed by atoms with van der Waals surface area (Å²) < 4.78 is 18.1. The van der Waals surface area contributed by atoms with Gasteiger partial charge in [-0.05, 0) is 42.0 Å². The van der Waals surface area contributed by atoms with Crippen LogP contribution in [-0.4, -0.2) is 22.5 Å². The second kappa shape index (κ2) is 7.34. The molecule has 0 aliphatic rings. The van der Waals surface area contributed by atoms with Crippen molar-refractivity contribution in [1.82, 2.24) is 15.3 Å². The average Bonchev–Trinajstić information content (AvgIpc) is 3.03. The van der Waals surface area contributed by atoms with Gasteiger partial charge < -0.3 is 15.0 Å². The first-order chi connectivity index (χ1) is 12.0. The van der Waals surface area contributed by atoms with E-state index < -0.39 is 0 Å². The number of nitrogens with zero attached hydrogens (tertiary/aromatic N) is 1. The number of benzene rings is 2. The number of carbonyl (C=O) groups excluding carboxylic acids is 1. The van der Waals surface area contributed by atoms with Crippen LogP contribution in [-0.2, 0) is 11.3 Å². The fourth-order valence-electron chi connectivity index (χ4n) is 2.39. The lowest BCUT2D eigenvalue weighted by atomic mass is 10.2. The van der Waals surface area contributed by atoms with Crippen molar-refractivity contribution in [3.8, 4) is 5.75 Å². The van der Waals surface area contributed by atoms with E-state index in [1.165, 1.54) is 24.3 Å². The molecule has 0 fully saturated rings. The van der Waals surface area contributed by atoms with Gasteiger partial charge in [-0.2, -0.15) is 0 Å². The van der Waals surface area contributed by atoms with E-state index in [1.54, 1.807) is 0 Å². The zero-order chi connectivity index (χ0) is 17.8. The summed E-state index contributed by atoms with van der Waals surface area (Å²) in [6.07, 6.45) is 0. The number of nitrogens with one attached hydrogen (secondary N) is 2. The molecule has 1 heterocycles. The monoisotopic (exact) mass is 341 g/mol. The van der Waals surface area contributed by atoms with Gasteiger partial charge in [0.2, 0.25) is 0 Å². The number of ether oxygens (including phenoxy) is 1. The highest BCUT2D eigenvalue weighted by atomic mass is 19.1. The van der Waals surface area contributed by atoms with Gasteiger partial charge in [-0.15, -0.1) is 0 Å². The number of amides is 1. The number of carbonyl (C=O) groups is 1. The lowest BCUT2D eigenvalue weighted by Gasteiger charge is -2.07. The molecule has 1 aromatic heterocycles. The summed E-state index contributed by atoms with van der Waals surface area (Å²) in [5, 5.41) is 2.80. The first-order valence-electron chi connectivity index (χ1n) is 8.15. The lowest BCUT2D eigenvalue weighted by molar-refractivity contribution is -0.123. The Morgan fingerprint density at radius 3 is 2.72 bits per heavy atom. The van der Waals surface area contributed by atoms with Crippen LogP contribution in [0.4, 0.5) is 4.39 Å². The number of hydrogen-bond acceptors (Lipinski definition) is 3. The van der Waals surface area contributed by atoms with Crippen LogP contribution in [0.3, 0.4) is 0 Å². The average molecular weight is 341 g/mol.